The van der Waals surface area contributed by atoms with E-state index in [0.29, 0.717) is 17.9 Å². The van der Waals surface area contributed by atoms with Gasteiger partial charge in [-0.1, -0.05) is 38.1 Å². The van der Waals surface area contributed by atoms with Crippen molar-refractivity contribution in [1.82, 2.24) is 10.6 Å². The molecule has 0 bridgehead atoms. The summed E-state index contributed by atoms with van der Waals surface area (Å²) in [6.07, 6.45) is 1.20. The SMILES string of the molecule is CN=C(NCC(C)C)NC1CC1c1ccccc1C.I. The molecule has 1 aromatic rings. The van der Waals surface area contributed by atoms with E-state index in [2.05, 4.69) is 60.7 Å². The van der Waals surface area contributed by atoms with Gasteiger partial charge in [0.1, 0.15) is 0 Å². The highest BCUT2D eigenvalue weighted by atomic mass is 127. The number of guanidine groups is 1. The van der Waals surface area contributed by atoms with Crippen LogP contribution in [0.15, 0.2) is 29.3 Å². The van der Waals surface area contributed by atoms with Gasteiger partial charge in [0.05, 0.1) is 0 Å². The number of aryl methyl sites for hydroxylation is 1. The third kappa shape index (κ3) is 4.65. The number of rotatable bonds is 4. The van der Waals surface area contributed by atoms with Gasteiger partial charge in [-0.15, -0.1) is 24.0 Å². The summed E-state index contributed by atoms with van der Waals surface area (Å²) in [5, 5.41) is 6.88. The first kappa shape index (κ1) is 17.3. The Morgan fingerprint density at radius 3 is 2.65 bits per heavy atom. The first-order valence-corrected chi connectivity index (χ1v) is 7.14. The largest absolute Gasteiger partial charge is 0.356 e. The van der Waals surface area contributed by atoms with E-state index in [9.17, 15) is 0 Å². The fraction of sp³-hybridized carbons (Fsp3) is 0.562. The lowest BCUT2D eigenvalue weighted by Crippen LogP contribution is -2.40. The van der Waals surface area contributed by atoms with Gasteiger partial charge >= 0.3 is 0 Å². The Balaban J connectivity index is 0.00000200. The molecule has 2 unspecified atom stereocenters. The predicted octanol–water partition coefficient (Wildman–Crippen LogP) is 3.29. The van der Waals surface area contributed by atoms with Crippen molar-refractivity contribution in [3.8, 4) is 0 Å². The normalized spacial score (nSPS) is 21.4. The van der Waals surface area contributed by atoms with Crippen LogP contribution >= 0.6 is 24.0 Å². The molecule has 0 radical (unpaired) electrons. The number of aliphatic imine (C=N–C) groups is 1. The van der Waals surface area contributed by atoms with E-state index in [0.717, 1.165) is 12.5 Å². The molecule has 1 fully saturated rings. The molecule has 0 amide bonds. The van der Waals surface area contributed by atoms with E-state index >= 15 is 0 Å². The Labute approximate surface area is 139 Å². The average molecular weight is 387 g/mol. The summed E-state index contributed by atoms with van der Waals surface area (Å²) in [5.74, 6) is 2.19. The maximum Gasteiger partial charge on any atom is 0.191 e. The zero-order valence-electron chi connectivity index (χ0n) is 12.8. The topological polar surface area (TPSA) is 36.4 Å². The van der Waals surface area contributed by atoms with Crippen LogP contribution in [0.1, 0.15) is 37.3 Å². The summed E-state index contributed by atoms with van der Waals surface area (Å²) in [6, 6.07) is 9.19. The lowest BCUT2D eigenvalue weighted by atomic mass is 10.0. The Morgan fingerprint density at radius 2 is 2.05 bits per heavy atom. The molecule has 2 N–H and O–H groups in total. The molecular formula is C16H26IN3. The minimum absolute atomic E-state index is 0. The van der Waals surface area contributed by atoms with Gasteiger partial charge in [0, 0.05) is 25.6 Å². The summed E-state index contributed by atoms with van der Waals surface area (Å²) in [6.45, 7) is 7.55. The molecule has 1 aliphatic rings. The Hall–Kier alpha value is -0.780. The minimum Gasteiger partial charge on any atom is -0.356 e. The van der Waals surface area contributed by atoms with Crippen LogP contribution in [0.2, 0.25) is 0 Å². The lowest BCUT2D eigenvalue weighted by Gasteiger charge is -2.13. The molecule has 1 aromatic carbocycles. The molecule has 0 aliphatic heterocycles. The average Bonchev–Trinajstić information content (AvgIpc) is 3.14. The molecule has 0 heterocycles. The van der Waals surface area contributed by atoms with Crippen LogP contribution in [-0.4, -0.2) is 25.6 Å². The van der Waals surface area contributed by atoms with Gasteiger partial charge in [-0.3, -0.25) is 4.99 Å². The quantitative estimate of drug-likeness (QED) is 0.473. The number of halogens is 1. The van der Waals surface area contributed by atoms with Crippen molar-refractivity contribution in [2.24, 2.45) is 10.9 Å². The van der Waals surface area contributed by atoms with E-state index in [4.69, 9.17) is 0 Å². The maximum absolute atomic E-state index is 4.29. The second-order valence-electron chi connectivity index (χ2n) is 5.80. The molecule has 20 heavy (non-hydrogen) atoms. The molecule has 0 saturated heterocycles. The van der Waals surface area contributed by atoms with Gasteiger partial charge in [-0.25, -0.2) is 0 Å². The molecule has 1 saturated carbocycles. The highest BCUT2D eigenvalue weighted by Gasteiger charge is 2.39. The van der Waals surface area contributed by atoms with Gasteiger partial charge in [0.15, 0.2) is 5.96 Å². The van der Waals surface area contributed by atoms with Crippen molar-refractivity contribution < 1.29 is 0 Å². The van der Waals surface area contributed by atoms with Crippen LogP contribution in [-0.2, 0) is 0 Å². The first-order valence-electron chi connectivity index (χ1n) is 7.14. The molecule has 112 valence electrons. The highest BCUT2D eigenvalue weighted by Crippen LogP contribution is 2.41. The van der Waals surface area contributed by atoms with E-state index in [1.807, 2.05) is 7.05 Å². The number of nitrogens with one attached hydrogen (secondary N) is 2. The van der Waals surface area contributed by atoms with Gasteiger partial charge in [-0.05, 0) is 30.4 Å². The summed E-state index contributed by atoms with van der Waals surface area (Å²) < 4.78 is 0. The summed E-state index contributed by atoms with van der Waals surface area (Å²) >= 11 is 0. The molecule has 0 aromatic heterocycles. The molecule has 1 aliphatic carbocycles. The Bertz CT molecular complexity index is 457. The second kappa shape index (κ2) is 7.86. The Morgan fingerprint density at radius 1 is 1.35 bits per heavy atom. The van der Waals surface area contributed by atoms with Crippen LogP contribution in [0.25, 0.3) is 0 Å². The number of benzene rings is 1. The standard InChI is InChI=1S/C16H25N3.HI/c1-11(2)10-18-16(17-4)19-15-9-14(15)13-8-6-5-7-12(13)3;/h5-8,11,14-15H,9-10H2,1-4H3,(H2,17,18,19);1H. The zero-order valence-corrected chi connectivity index (χ0v) is 15.1. The second-order valence-corrected chi connectivity index (χ2v) is 5.80. The van der Waals surface area contributed by atoms with Gasteiger partial charge in [0.25, 0.3) is 0 Å². The molecule has 2 rings (SSSR count). The van der Waals surface area contributed by atoms with E-state index in [1.165, 1.54) is 17.5 Å². The molecule has 4 heteroatoms. The van der Waals surface area contributed by atoms with Crippen LogP contribution in [0.3, 0.4) is 0 Å². The monoisotopic (exact) mass is 387 g/mol. The summed E-state index contributed by atoms with van der Waals surface area (Å²) in [7, 11) is 1.83. The third-order valence-corrected chi connectivity index (χ3v) is 3.60. The Kier molecular flexibility index (Phi) is 6.79. The van der Waals surface area contributed by atoms with Crippen LogP contribution < -0.4 is 10.6 Å². The minimum atomic E-state index is 0. The molecular weight excluding hydrogens is 361 g/mol. The maximum atomic E-state index is 4.29. The van der Waals surface area contributed by atoms with Crippen molar-refractivity contribution in [2.75, 3.05) is 13.6 Å². The van der Waals surface area contributed by atoms with Crippen molar-refractivity contribution in [3.63, 3.8) is 0 Å². The zero-order chi connectivity index (χ0) is 13.8. The van der Waals surface area contributed by atoms with Crippen molar-refractivity contribution >= 4 is 29.9 Å². The third-order valence-electron chi connectivity index (χ3n) is 3.60. The molecule has 0 spiro atoms. The first-order chi connectivity index (χ1) is 9.11. The molecule has 3 nitrogen and oxygen atoms in total. The van der Waals surface area contributed by atoms with Gasteiger partial charge in [0.2, 0.25) is 0 Å². The van der Waals surface area contributed by atoms with Crippen molar-refractivity contribution in [1.29, 1.82) is 0 Å². The lowest BCUT2D eigenvalue weighted by molar-refractivity contribution is 0.613. The number of hydrogen-bond acceptors (Lipinski definition) is 1. The highest BCUT2D eigenvalue weighted by molar-refractivity contribution is 14.0. The van der Waals surface area contributed by atoms with Gasteiger partial charge < -0.3 is 10.6 Å². The number of hydrogen-bond donors (Lipinski definition) is 2. The van der Waals surface area contributed by atoms with Crippen LogP contribution in [0.4, 0.5) is 0 Å². The van der Waals surface area contributed by atoms with Gasteiger partial charge in [-0.2, -0.15) is 0 Å². The molecule has 2 atom stereocenters. The van der Waals surface area contributed by atoms with Crippen LogP contribution in [0.5, 0.6) is 0 Å². The fourth-order valence-corrected chi connectivity index (χ4v) is 2.37. The van der Waals surface area contributed by atoms with Crippen LogP contribution in [0, 0.1) is 12.8 Å². The van der Waals surface area contributed by atoms with Crippen molar-refractivity contribution in [2.45, 2.75) is 39.2 Å². The van der Waals surface area contributed by atoms with E-state index < -0.39 is 0 Å². The fourth-order valence-electron chi connectivity index (χ4n) is 2.37. The van der Waals surface area contributed by atoms with Crippen molar-refractivity contribution in [3.05, 3.63) is 35.4 Å². The number of nitrogens with zero attached hydrogens (tertiary/aromatic N) is 1. The summed E-state index contributed by atoms with van der Waals surface area (Å²) in [4.78, 5) is 4.29. The van der Waals surface area contributed by atoms with E-state index in [1.54, 1.807) is 0 Å². The predicted molar refractivity (Wildman–Crippen MR) is 97.1 cm³/mol. The smallest absolute Gasteiger partial charge is 0.191 e. The summed E-state index contributed by atoms with van der Waals surface area (Å²) in [5.41, 5.74) is 2.86. The van der Waals surface area contributed by atoms with E-state index in [-0.39, 0.29) is 24.0 Å².